The number of rotatable bonds is 4. The SMILES string of the molecule is CC(C)(NC(=O)NC1CCS(=O)(=O)C1)C(C)(C)C(=O)O. The van der Waals surface area contributed by atoms with Crippen LogP contribution in [-0.4, -0.2) is 48.6 Å². The van der Waals surface area contributed by atoms with Gasteiger partial charge in [-0.1, -0.05) is 0 Å². The van der Waals surface area contributed by atoms with E-state index in [1.54, 1.807) is 13.8 Å². The molecule has 3 N–H and O–H groups in total. The molecule has 8 heteroatoms. The maximum absolute atomic E-state index is 11.9. The summed E-state index contributed by atoms with van der Waals surface area (Å²) >= 11 is 0. The van der Waals surface area contributed by atoms with Crippen molar-refractivity contribution < 1.29 is 23.1 Å². The highest BCUT2D eigenvalue weighted by Crippen LogP contribution is 2.30. The number of carbonyl (C=O) groups excluding carboxylic acids is 1. The summed E-state index contributed by atoms with van der Waals surface area (Å²) in [5.74, 6) is -1.02. The van der Waals surface area contributed by atoms with E-state index in [1.165, 1.54) is 13.8 Å². The highest BCUT2D eigenvalue weighted by atomic mass is 32.2. The molecule has 1 unspecified atom stereocenters. The Labute approximate surface area is 119 Å². The first-order valence-electron chi connectivity index (χ1n) is 6.40. The van der Waals surface area contributed by atoms with Crippen molar-refractivity contribution in [2.24, 2.45) is 5.41 Å². The quantitative estimate of drug-likeness (QED) is 0.694. The summed E-state index contributed by atoms with van der Waals surface area (Å²) in [7, 11) is -3.06. The van der Waals surface area contributed by atoms with Crippen LogP contribution >= 0.6 is 0 Å². The molecule has 0 aromatic heterocycles. The summed E-state index contributed by atoms with van der Waals surface area (Å²) in [4.78, 5) is 23.1. The standard InChI is InChI=1S/C12H22N2O5S/c1-11(2,9(15)16)12(3,4)14-10(17)13-8-5-6-20(18,19)7-8/h8H,5-7H2,1-4H3,(H,15,16)(H2,13,14,17). The smallest absolute Gasteiger partial charge is 0.315 e. The van der Waals surface area contributed by atoms with Crippen LogP contribution in [0.5, 0.6) is 0 Å². The van der Waals surface area contributed by atoms with Crippen LogP contribution < -0.4 is 10.6 Å². The molecule has 0 saturated carbocycles. The number of sulfone groups is 1. The zero-order valence-electron chi connectivity index (χ0n) is 12.2. The molecule has 1 rings (SSSR count). The summed E-state index contributed by atoms with van der Waals surface area (Å²) in [6, 6.07) is -0.963. The lowest BCUT2D eigenvalue weighted by atomic mass is 9.74. The fraction of sp³-hybridized carbons (Fsp3) is 0.833. The lowest BCUT2D eigenvalue weighted by Crippen LogP contribution is -2.60. The Morgan fingerprint density at radius 3 is 2.15 bits per heavy atom. The van der Waals surface area contributed by atoms with Crippen LogP contribution in [0.4, 0.5) is 4.79 Å². The van der Waals surface area contributed by atoms with Crippen molar-refractivity contribution in [3.05, 3.63) is 0 Å². The average Bonchev–Trinajstić information content (AvgIpc) is 2.56. The number of urea groups is 1. The van der Waals surface area contributed by atoms with Gasteiger partial charge < -0.3 is 15.7 Å². The minimum Gasteiger partial charge on any atom is -0.481 e. The molecule has 0 aliphatic carbocycles. The van der Waals surface area contributed by atoms with Gasteiger partial charge in [-0.2, -0.15) is 0 Å². The molecule has 1 atom stereocenters. The summed E-state index contributed by atoms with van der Waals surface area (Å²) in [6.45, 7) is 6.28. The van der Waals surface area contributed by atoms with Gasteiger partial charge in [0.05, 0.1) is 22.5 Å². The molecule has 7 nitrogen and oxygen atoms in total. The molecule has 20 heavy (non-hydrogen) atoms. The molecule has 1 aliphatic rings. The molecule has 0 bridgehead atoms. The van der Waals surface area contributed by atoms with Crippen LogP contribution in [-0.2, 0) is 14.6 Å². The third-order valence-electron chi connectivity index (χ3n) is 4.09. The number of carboxylic acids is 1. The Kier molecular flexibility index (Phi) is 4.38. The lowest BCUT2D eigenvalue weighted by molar-refractivity contribution is -0.150. The first-order valence-corrected chi connectivity index (χ1v) is 8.22. The second kappa shape index (κ2) is 5.23. The van der Waals surface area contributed by atoms with Crippen molar-refractivity contribution in [3.63, 3.8) is 0 Å². The monoisotopic (exact) mass is 306 g/mol. The van der Waals surface area contributed by atoms with Gasteiger partial charge in [0.25, 0.3) is 0 Å². The molecule has 0 spiro atoms. The largest absolute Gasteiger partial charge is 0.481 e. The Hall–Kier alpha value is -1.31. The Balaban J connectivity index is 2.65. The van der Waals surface area contributed by atoms with E-state index in [0.717, 1.165) is 0 Å². The lowest BCUT2D eigenvalue weighted by Gasteiger charge is -2.38. The van der Waals surface area contributed by atoms with Gasteiger partial charge in [-0.25, -0.2) is 13.2 Å². The third kappa shape index (κ3) is 3.62. The maximum Gasteiger partial charge on any atom is 0.315 e. The number of carbonyl (C=O) groups is 2. The van der Waals surface area contributed by atoms with E-state index in [0.29, 0.717) is 6.42 Å². The van der Waals surface area contributed by atoms with Gasteiger partial charge in [0.15, 0.2) is 9.84 Å². The second-order valence-corrected chi connectivity index (χ2v) is 8.48. The maximum atomic E-state index is 11.9. The number of hydrogen-bond acceptors (Lipinski definition) is 4. The molecular formula is C12H22N2O5S. The molecule has 2 amide bonds. The van der Waals surface area contributed by atoms with Crippen LogP contribution in [0, 0.1) is 5.41 Å². The van der Waals surface area contributed by atoms with Crippen LogP contribution in [0.15, 0.2) is 0 Å². The second-order valence-electron chi connectivity index (χ2n) is 6.25. The van der Waals surface area contributed by atoms with Gasteiger partial charge in [-0.15, -0.1) is 0 Å². The van der Waals surface area contributed by atoms with E-state index in [2.05, 4.69) is 10.6 Å². The number of nitrogens with one attached hydrogen (secondary N) is 2. The summed E-state index contributed by atoms with van der Waals surface area (Å²) in [5.41, 5.74) is -2.15. The molecule has 1 aliphatic heterocycles. The third-order valence-corrected chi connectivity index (χ3v) is 5.86. The zero-order valence-corrected chi connectivity index (χ0v) is 13.0. The molecule has 116 valence electrons. The van der Waals surface area contributed by atoms with Gasteiger partial charge in [0.2, 0.25) is 0 Å². The van der Waals surface area contributed by atoms with E-state index in [-0.39, 0.29) is 11.5 Å². The first kappa shape index (κ1) is 16.7. The molecule has 0 aromatic rings. The van der Waals surface area contributed by atoms with E-state index in [9.17, 15) is 23.1 Å². The van der Waals surface area contributed by atoms with E-state index in [1.807, 2.05) is 0 Å². The fourth-order valence-electron chi connectivity index (χ4n) is 1.84. The normalized spacial score (nSPS) is 22.3. The highest BCUT2D eigenvalue weighted by Gasteiger charge is 2.44. The molecule has 0 radical (unpaired) electrons. The first-order chi connectivity index (χ1) is 8.87. The molecule has 1 fully saturated rings. The minimum absolute atomic E-state index is 0.0663. The summed E-state index contributed by atoms with van der Waals surface area (Å²) in [5, 5.41) is 14.4. The predicted octanol–water partition coefficient (Wildman–Crippen LogP) is 0.362. The van der Waals surface area contributed by atoms with Crippen LogP contribution in [0.3, 0.4) is 0 Å². The van der Waals surface area contributed by atoms with Crippen molar-refractivity contribution in [1.29, 1.82) is 0 Å². The van der Waals surface area contributed by atoms with Crippen molar-refractivity contribution >= 4 is 21.8 Å². The Bertz CT molecular complexity index is 510. The highest BCUT2D eigenvalue weighted by molar-refractivity contribution is 7.91. The van der Waals surface area contributed by atoms with E-state index in [4.69, 9.17) is 0 Å². The van der Waals surface area contributed by atoms with Crippen LogP contribution in [0.2, 0.25) is 0 Å². The minimum atomic E-state index is -3.06. The van der Waals surface area contributed by atoms with E-state index >= 15 is 0 Å². The Morgan fingerprint density at radius 2 is 1.75 bits per heavy atom. The molecular weight excluding hydrogens is 284 g/mol. The van der Waals surface area contributed by atoms with Gasteiger partial charge in [0, 0.05) is 6.04 Å². The Morgan fingerprint density at radius 1 is 1.20 bits per heavy atom. The number of hydrogen-bond donors (Lipinski definition) is 3. The van der Waals surface area contributed by atoms with Crippen molar-refractivity contribution in [2.45, 2.75) is 45.7 Å². The van der Waals surface area contributed by atoms with Gasteiger partial charge >= 0.3 is 12.0 Å². The van der Waals surface area contributed by atoms with Crippen molar-refractivity contribution in [1.82, 2.24) is 10.6 Å². The zero-order chi connectivity index (χ0) is 15.8. The van der Waals surface area contributed by atoms with Gasteiger partial charge in [-0.3, -0.25) is 4.79 Å². The van der Waals surface area contributed by atoms with Gasteiger partial charge in [-0.05, 0) is 34.1 Å². The van der Waals surface area contributed by atoms with Crippen molar-refractivity contribution in [2.75, 3.05) is 11.5 Å². The van der Waals surface area contributed by atoms with Crippen molar-refractivity contribution in [3.8, 4) is 0 Å². The summed E-state index contributed by atoms with van der Waals surface area (Å²) in [6.07, 6.45) is 0.387. The fourth-order valence-corrected chi connectivity index (χ4v) is 3.51. The number of aliphatic carboxylic acids is 1. The molecule has 0 aromatic carbocycles. The molecule has 1 heterocycles. The van der Waals surface area contributed by atoms with E-state index < -0.39 is 38.8 Å². The van der Waals surface area contributed by atoms with Crippen LogP contribution in [0.25, 0.3) is 0 Å². The number of amides is 2. The number of carboxylic acid groups (broad SMARTS) is 1. The predicted molar refractivity (Wildman–Crippen MR) is 74.2 cm³/mol. The average molecular weight is 306 g/mol. The summed E-state index contributed by atoms with van der Waals surface area (Å²) < 4.78 is 22.6. The van der Waals surface area contributed by atoms with Gasteiger partial charge in [0.1, 0.15) is 0 Å². The van der Waals surface area contributed by atoms with Crippen LogP contribution in [0.1, 0.15) is 34.1 Å². The molecule has 1 saturated heterocycles. The topological polar surface area (TPSA) is 113 Å².